The summed E-state index contributed by atoms with van der Waals surface area (Å²) < 4.78 is 0. The second kappa shape index (κ2) is 6.45. The number of carbonyl (C=O) groups excluding carboxylic acids is 1. The summed E-state index contributed by atoms with van der Waals surface area (Å²) in [6.07, 6.45) is 5.15. The van der Waals surface area contributed by atoms with E-state index in [1.807, 2.05) is 0 Å². The molecular formula is C14H16N2O3. The van der Waals surface area contributed by atoms with Crippen LogP contribution in [-0.4, -0.2) is 47.5 Å². The van der Waals surface area contributed by atoms with Crippen molar-refractivity contribution in [3.8, 4) is 12.3 Å². The third-order valence-corrected chi connectivity index (χ3v) is 2.60. The van der Waals surface area contributed by atoms with Crippen LogP contribution in [0, 0.1) is 12.3 Å². The fourth-order valence-corrected chi connectivity index (χ4v) is 1.59. The van der Waals surface area contributed by atoms with Crippen LogP contribution in [-0.2, 0) is 6.54 Å². The summed E-state index contributed by atoms with van der Waals surface area (Å²) in [5, 5.41) is 8.79. The predicted molar refractivity (Wildman–Crippen MR) is 71.7 cm³/mol. The number of carbonyl (C=O) groups is 2. The second-order valence-electron chi connectivity index (χ2n) is 4.20. The van der Waals surface area contributed by atoms with Gasteiger partial charge in [-0.15, -0.1) is 6.42 Å². The van der Waals surface area contributed by atoms with Gasteiger partial charge in [0.15, 0.2) is 0 Å². The van der Waals surface area contributed by atoms with E-state index in [0.29, 0.717) is 6.54 Å². The standard InChI is InChI=1S/C14H16N2O3/c1-4-9-15(2)14(19)16(3)10-11-5-7-12(8-6-11)13(17)18/h1,5-8H,9-10H2,2-3H3,(H,17,18). The second-order valence-corrected chi connectivity index (χ2v) is 4.20. The Morgan fingerprint density at radius 3 is 2.26 bits per heavy atom. The van der Waals surface area contributed by atoms with Crippen LogP contribution in [0.3, 0.4) is 0 Å². The molecular weight excluding hydrogens is 244 g/mol. The van der Waals surface area contributed by atoms with Gasteiger partial charge in [0.2, 0.25) is 0 Å². The lowest BCUT2D eigenvalue weighted by Crippen LogP contribution is -2.38. The third kappa shape index (κ3) is 4.03. The quantitative estimate of drug-likeness (QED) is 0.835. The molecule has 0 bridgehead atoms. The zero-order valence-electron chi connectivity index (χ0n) is 11.0. The molecule has 0 fully saturated rings. The maximum Gasteiger partial charge on any atom is 0.335 e. The van der Waals surface area contributed by atoms with Crippen molar-refractivity contribution in [3.05, 3.63) is 35.4 Å². The molecule has 0 radical (unpaired) electrons. The van der Waals surface area contributed by atoms with Crippen LogP contribution in [0.15, 0.2) is 24.3 Å². The predicted octanol–water partition coefficient (Wildman–Crippen LogP) is 1.50. The summed E-state index contributed by atoms with van der Waals surface area (Å²) in [7, 11) is 3.30. The van der Waals surface area contributed by atoms with E-state index in [2.05, 4.69) is 5.92 Å². The van der Waals surface area contributed by atoms with Crippen LogP contribution in [0.1, 0.15) is 15.9 Å². The number of terminal acetylenes is 1. The molecule has 1 aromatic rings. The molecule has 1 N–H and O–H groups in total. The Bertz CT molecular complexity index is 502. The molecule has 0 atom stereocenters. The Labute approximate surface area is 112 Å². The molecule has 0 aliphatic heterocycles. The summed E-state index contributed by atoms with van der Waals surface area (Å²) in [6, 6.07) is 6.23. The van der Waals surface area contributed by atoms with Crippen LogP contribution in [0.4, 0.5) is 4.79 Å². The number of urea groups is 1. The van der Waals surface area contributed by atoms with Crippen molar-refractivity contribution >= 4 is 12.0 Å². The maximum atomic E-state index is 11.9. The van der Waals surface area contributed by atoms with E-state index in [0.717, 1.165) is 5.56 Å². The Balaban J connectivity index is 2.66. The molecule has 100 valence electrons. The first-order valence-electron chi connectivity index (χ1n) is 5.67. The van der Waals surface area contributed by atoms with E-state index < -0.39 is 5.97 Å². The topological polar surface area (TPSA) is 60.9 Å². The van der Waals surface area contributed by atoms with Gasteiger partial charge in [0.1, 0.15) is 0 Å². The number of aromatic carboxylic acids is 1. The van der Waals surface area contributed by atoms with Crippen LogP contribution in [0.5, 0.6) is 0 Å². The van der Waals surface area contributed by atoms with Crippen LogP contribution in [0.25, 0.3) is 0 Å². The molecule has 0 unspecified atom stereocenters. The first-order valence-corrected chi connectivity index (χ1v) is 5.67. The average molecular weight is 260 g/mol. The molecule has 5 heteroatoms. The van der Waals surface area contributed by atoms with E-state index in [9.17, 15) is 9.59 Å². The molecule has 2 amide bonds. The molecule has 0 saturated heterocycles. The summed E-state index contributed by atoms with van der Waals surface area (Å²) in [5.41, 5.74) is 1.08. The van der Waals surface area contributed by atoms with Gasteiger partial charge in [0.25, 0.3) is 0 Å². The van der Waals surface area contributed by atoms with Crippen molar-refractivity contribution in [2.24, 2.45) is 0 Å². The van der Waals surface area contributed by atoms with Crippen molar-refractivity contribution in [1.29, 1.82) is 0 Å². The lowest BCUT2D eigenvalue weighted by atomic mass is 10.1. The average Bonchev–Trinajstić information content (AvgIpc) is 2.38. The fourth-order valence-electron chi connectivity index (χ4n) is 1.59. The van der Waals surface area contributed by atoms with Gasteiger partial charge in [-0.1, -0.05) is 18.1 Å². The minimum atomic E-state index is -0.968. The molecule has 0 spiro atoms. The number of carboxylic acid groups (broad SMARTS) is 1. The van der Waals surface area contributed by atoms with Gasteiger partial charge in [0, 0.05) is 20.6 Å². The van der Waals surface area contributed by atoms with Crippen molar-refractivity contribution in [2.45, 2.75) is 6.54 Å². The molecule has 19 heavy (non-hydrogen) atoms. The zero-order chi connectivity index (χ0) is 14.4. The number of nitrogens with zero attached hydrogens (tertiary/aromatic N) is 2. The highest BCUT2D eigenvalue weighted by Gasteiger charge is 2.13. The molecule has 1 rings (SSSR count). The zero-order valence-corrected chi connectivity index (χ0v) is 11.0. The lowest BCUT2D eigenvalue weighted by molar-refractivity contribution is 0.0697. The number of carboxylic acids is 1. The van der Waals surface area contributed by atoms with E-state index in [4.69, 9.17) is 11.5 Å². The number of benzene rings is 1. The molecule has 0 heterocycles. The monoisotopic (exact) mass is 260 g/mol. The molecule has 0 saturated carbocycles. The normalized spacial score (nSPS) is 9.53. The maximum absolute atomic E-state index is 11.9. The van der Waals surface area contributed by atoms with E-state index in [1.165, 1.54) is 21.9 Å². The van der Waals surface area contributed by atoms with Crippen molar-refractivity contribution in [3.63, 3.8) is 0 Å². The van der Waals surface area contributed by atoms with Crippen LogP contribution >= 0.6 is 0 Å². The minimum absolute atomic E-state index is 0.180. The smallest absolute Gasteiger partial charge is 0.335 e. The number of hydrogen-bond donors (Lipinski definition) is 1. The summed E-state index contributed by atoms with van der Waals surface area (Å²) in [4.78, 5) is 25.5. The van der Waals surface area contributed by atoms with Crippen LogP contribution in [0.2, 0.25) is 0 Å². The van der Waals surface area contributed by atoms with Gasteiger partial charge < -0.3 is 14.9 Å². The van der Waals surface area contributed by atoms with Gasteiger partial charge in [-0.3, -0.25) is 0 Å². The van der Waals surface area contributed by atoms with Crippen molar-refractivity contribution < 1.29 is 14.7 Å². The number of rotatable bonds is 4. The van der Waals surface area contributed by atoms with Gasteiger partial charge >= 0.3 is 12.0 Å². The number of amides is 2. The van der Waals surface area contributed by atoms with Gasteiger partial charge in [0.05, 0.1) is 12.1 Å². The Morgan fingerprint density at radius 1 is 1.21 bits per heavy atom. The first kappa shape index (κ1) is 14.6. The van der Waals surface area contributed by atoms with Crippen molar-refractivity contribution in [1.82, 2.24) is 9.80 Å². The third-order valence-electron chi connectivity index (χ3n) is 2.60. The summed E-state index contributed by atoms with van der Waals surface area (Å²) >= 11 is 0. The highest BCUT2D eigenvalue weighted by molar-refractivity contribution is 5.87. The Morgan fingerprint density at radius 2 is 1.79 bits per heavy atom. The first-order chi connectivity index (χ1) is 8.95. The minimum Gasteiger partial charge on any atom is -0.478 e. The Hall–Kier alpha value is -2.48. The summed E-state index contributed by atoms with van der Waals surface area (Å²) in [6.45, 7) is 0.648. The van der Waals surface area contributed by atoms with Gasteiger partial charge in [-0.2, -0.15) is 0 Å². The SMILES string of the molecule is C#CCN(C)C(=O)N(C)Cc1ccc(C(=O)O)cc1. The van der Waals surface area contributed by atoms with E-state index in [-0.39, 0.29) is 18.1 Å². The molecule has 1 aromatic carbocycles. The molecule has 0 aromatic heterocycles. The summed E-state index contributed by atoms with van der Waals surface area (Å²) in [5.74, 6) is 1.43. The van der Waals surface area contributed by atoms with Crippen molar-refractivity contribution in [2.75, 3.05) is 20.6 Å². The van der Waals surface area contributed by atoms with E-state index in [1.54, 1.807) is 26.2 Å². The fraction of sp³-hybridized carbons (Fsp3) is 0.286. The molecule has 5 nitrogen and oxygen atoms in total. The lowest BCUT2D eigenvalue weighted by Gasteiger charge is -2.23. The van der Waals surface area contributed by atoms with Gasteiger partial charge in [-0.05, 0) is 17.7 Å². The number of hydrogen-bond acceptors (Lipinski definition) is 2. The highest BCUT2D eigenvalue weighted by Crippen LogP contribution is 2.08. The van der Waals surface area contributed by atoms with E-state index >= 15 is 0 Å². The largest absolute Gasteiger partial charge is 0.478 e. The van der Waals surface area contributed by atoms with Gasteiger partial charge in [-0.25, -0.2) is 9.59 Å². The molecule has 0 aliphatic rings. The molecule has 0 aliphatic carbocycles. The Kier molecular flexibility index (Phi) is 4.95. The van der Waals surface area contributed by atoms with Crippen LogP contribution < -0.4 is 0 Å². The highest BCUT2D eigenvalue weighted by atomic mass is 16.4.